The number of thiophene rings is 1. The number of unbranched alkanes of at least 4 members (excludes halogenated alkanes) is 1. The summed E-state index contributed by atoms with van der Waals surface area (Å²) in [5.74, 6) is -0.145. The van der Waals surface area contributed by atoms with Crippen molar-refractivity contribution >= 4 is 21.4 Å². The second-order valence-corrected chi connectivity index (χ2v) is 6.70. The van der Waals surface area contributed by atoms with E-state index >= 15 is 0 Å². The van der Waals surface area contributed by atoms with Crippen molar-refractivity contribution in [1.82, 2.24) is 5.32 Å². The maximum absolute atomic E-state index is 14.2. The molecule has 0 aliphatic carbocycles. The van der Waals surface area contributed by atoms with Gasteiger partial charge in [0, 0.05) is 39.7 Å². The fraction of sp³-hybridized carbons (Fsp3) is 0.529. The fourth-order valence-corrected chi connectivity index (χ4v) is 3.40. The molecule has 0 unspecified atom stereocenters. The molecule has 1 aromatic carbocycles. The van der Waals surface area contributed by atoms with Gasteiger partial charge in [0.25, 0.3) is 0 Å². The molecule has 1 heterocycles. The van der Waals surface area contributed by atoms with E-state index in [0.717, 1.165) is 41.6 Å². The van der Waals surface area contributed by atoms with E-state index in [1.165, 1.54) is 10.9 Å². The Balaban J connectivity index is 2.25. The standard InChI is InChI=1S/C17H24FNOS/c1-4-5-9-20-11-13-16(10-19-12(2)3)21-15-8-6-7-14(18)17(13)15/h6-8,12,19H,4-5,9-11H2,1-3H3. The number of nitrogens with one attached hydrogen (secondary N) is 1. The highest BCUT2D eigenvalue weighted by atomic mass is 32.1. The van der Waals surface area contributed by atoms with Crippen LogP contribution in [0, 0.1) is 5.82 Å². The zero-order valence-electron chi connectivity index (χ0n) is 13.0. The van der Waals surface area contributed by atoms with Crippen molar-refractivity contribution in [3.63, 3.8) is 0 Å². The summed E-state index contributed by atoms with van der Waals surface area (Å²) >= 11 is 1.66. The van der Waals surface area contributed by atoms with Gasteiger partial charge in [0.1, 0.15) is 5.82 Å². The van der Waals surface area contributed by atoms with E-state index in [2.05, 4.69) is 26.1 Å². The third kappa shape index (κ3) is 4.25. The van der Waals surface area contributed by atoms with Crippen LogP contribution in [0.25, 0.3) is 10.1 Å². The van der Waals surface area contributed by atoms with Crippen LogP contribution in [-0.4, -0.2) is 12.6 Å². The smallest absolute Gasteiger partial charge is 0.132 e. The molecule has 0 aliphatic rings. The molecule has 2 nitrogen and oxygen atoms in total. The number of fused-ring (bicyclic) bond motifs is 1. The SMILES string of the molecule is CCCCOCc1c(CNC(C)C)sc2cccc(F)c12. The van der Waals surface area contributed by atoms with Gasteiger partial charge in [0.15, 0.2) is 0 Å². The first-order valence-corrected chi connectivity index (χ1v) is 8.45. The van der Waals surface area contributed by atoms with Crippen molar-refractivity contribution in [3.8, 4) is 0 Å². The van der Waals surface area contributed by atoms with E-state index in [9.17, 15) is 4.39 Å². The third-order valence-corrected chi connectivity index (χ3v) is 4.60. The molecule has 4 heteroatoms. The van der Waals surface area contributed by atoms with E-state index in [1.807, 2.05) is 6.07 Å². The second kappa shape index (κ2) is 7.87. The van der Waals surface area contributed by atoms with Gasteiger partial charge in [0.2, 0.25) is 0 Å². The Morgan fingerprint density at radius 3 is 2.86 bits per heavy atom. The molecule has 116 valence electrons. The highest BCUT2D eigenvalue weighted by Crippen LogP contribution is 2.33. The lowest BCUT2D eigenvalue weighted by atomic mass is 10.1. The Kier molecular flexibility index (Phi) is 6.15. The van der Waals surface area contributed by atoms with Gasteiger partial charge in [0.05, 0.1) is 6.61 Å². The Labute approximate surface area is 130 Å². The number of halogens is 1. The minimum Gasteiger partial charge on any atom is -0.377 e. The molecule has 0 saturated heterocycles. The molecule has 2 rings (SSSR count). The summed E-state index contributed by atoms with van der Waals surface area (Å²) < 4.78 is 20.9. The van der Waals surface area contributed by atoms with Crippen LogP contribution in [0.3, 0.4) is 0 Å². The molecular weight excluding hydrogens is 285 g/mol. The van der Waals surface area contributed by atoms with Gasteiger partial charge in [-0.25, -0.2) is 4.39 Å². The van der Waals surface area contributed by atoms with Crippen LogP contribution in [0.15, 0.2) is 18.2 Å². The maximum atomic E-state index is 14.2. The lowest BCUT2D eigenvalue weighted by Crippen LogP contribution is -2.21. The summed E-state index contributed by atoms with van der Waals surface area (Å²) in [6.07, 6.45) is 2.16. The molecule has 0 radical (unpaired) electrons. The summed E-state index contributed by atoms with van der Waals surface area (Å²) in [7, 11) is 0. The third-order valence-electron chi connectivity index (χ3n) is 3.41. The largest absolute Gasteiger partial charge is 0.377 e. The molecule has 0 atom stereocenters. The quantitative estimate of drug-likeness (QED) is 0.703. The molecular formula is C17H24FNOS. The zero-order chi connectivity index (χ0) is 15.2. The molecule has 1 N–H and O–H groups in total. The van der Waals surface area contributed by atoms with Gasteiger partial charge in [-0.2, -0.15) is 0 Å². The van der Waals surface area contributed by atoms with E-state index in [1.54, 1.807) is 17.4 Å². The van der Waals surface area contributed by atoms with Crippen LogP contribution >= 0.6 is 11.3 Å². The lowest BCUT2D eigenvalue weighted by molar-refractivity contribution is 0.118. The Morgan fingerprint density at radius 2 is 2.14 bits per heavy atom. The summed E-state index contributed by atoms with van der Waals surface area (Å²) in [6.45, 7) is 8.37. The number of ether oxygens (including phenoxy) is 1. The van der Waals surface area contributed by atoms with Crippen molar-refractivity contribution in [2.75, 3.05) is 6.61 Å². The minimum atomic E-state index is -0.145. The van der Waals surface area contributed by atoms with Gasteiger partial charge < -0.3 is 10.1 Å². The number of rotatable bonds is 8. The molecule has 2 aromatic rings. The van der Waals surface area contributed by atoms with Gasteiger partial charge >= 0.3 is 0 Å². The van der Waals surface area contributed by atoms with Crippen LogP contribution in [0.4, 0.5) is 4.39 Å². The van der Waals surface area contributed by atoms with Crippen molar-refractivity contribution < 1.29 is 9.13 Å². The van der Waals surface area contributed by atoms with Gasteiger partial charge in [-0.3, -0.25) is 0 Å². The average molecular weight is 309 g/mol. The lowest BCUT2D eigenvalue weighted by Gasteiger charge is -2.10. The van der Waals surface area contributed by atoms with E-state index in [-0.39, 0.29) is 5.82 Å². The Hall–Kier alpha value is -0.970. The van der Waals surface area contributed by atoms with Crippen LogP contribution in [0.5, 0.6) is 0 Å². The molecule has 0 spiro atoms. The normalized spacial score (nSPS) is 11.7. The average Bonchev–Trinajstić information content (AvgIpc) is 2.80. The first-order chi connectivity index (χ1) is 10.1. The van der Waals surface area contributed by atoms with Crippen molar-refractivity contribution in [2.24, 2.45) is 0 Å². The highest BCUT2D eigenvalue weighted by Gasteiger charge is 2.15. The molecule has 21 heavy (non-hydrogen) atoms. The van der Waals surface area contributed by atoms with Crippen molar-refractivity contribution in [2.45, 2.75) is 52.8 Å². The Morgan fingerprint density at radius 1 is 1.33 bits per heavy atom. The Bertz CT molecular complexity index is 579. The summed E-state index contributed by atoms with van der Waals surface area (Å²) in [4.78, 5) is 1.18. The molecule has 0 fully saturated rings. The monoisotopic (exact) mass is 309 g/mol. The zero-order valence-corrected chi connectivity index (χ0v) is 13.9. The van der Waals surface area contributed by atoms with Crippen molar-refractivity contribution in [3.05, 3.63) is 34.5 Å². The molecule has 1 aromatic heterocycles. The summed E-state index contributed by atoms with van der Waals surface area (Å²) in [5.41, 5.74) is 1.01. The van der Waals surface area contributed by atoms with E-state index in [4.69, 9.17) is 4.74 Å². The molecule has 0 aliphatic heterocycles. The molecule has 0 bridgehead atoms. The maximum Gasteiger partial charge on any atom is 0.132 e. The number of hydrogen-bond donors (Lipinski definition) is 1. The number of hydrogen-bond acceptors (Lipinski definition) is 3. The predicted octanol–water partition coefficient (Wildman–Crippen LogP) is 4.86. The van der Waals surface area contributed by atoms with Crippen LogP contribution in [0.2, 0.25) is 0 Å². The van der Waals surface area contributed by atoms with Crippen LogP contribution in [0.1, 0.15) is 44.1 Å². The highest BCUT2D eigenvalue weighted by molar-refractivity contribution is 7.19. The van der Waals surface area contributed by atoms with Crippen LogP contribution < -0.4 is 5.32 Å². The minimum absolute atomic E-state index is 0.145. The molecule has 0 saturated carbocycles. The van der Waals surface area contributed by atoms with Crippen LogP contribution in [-0.2, 0) is 17.9 Å². The van der Waals surface area contributed by atoms with Gasteiger partial charge in [-0.1, -0.05) is 33.3 Å². The summed E-state index contributed by atoms with van der Waals surface area (Å²) in [5, 5.41) is 4.15. The van der Waals surface area contributed by atoms with Gasteiger partial charge in [-0.15, -0.1) is 11.3 Å². The topological polar surface area (TPSA) is 21.3 Å². The summed E-state index contributed by atoms with van der Waals surface area (Å²) in [6, 6.07) is 5.70. The van der Waals surface area contributed by atoms with E-state index in [0.29, 0.717) is 12.6 Å². The molecule has 0 amide bonds. The van der Waals surface area contributed by atoms with E-state index < -0.39 is 0 Å². The first-order valence-electron chi connectivity index (χ1n) is 7.63. The van der Waals surface area contributed by atoms with Crippen molar-refractivity contribution in [1.29, 1.82) is 0 Å². The number of benzene rings is 1. The fourth-order valence-electron chi connectivity index (χ4n) is 2.23. The first kappa shape index (κ1) is 16.4. The predicted molar refractivity (Wildman–Crippen MR) is 88.3 cm³/mol. The second-order valence-electron chi connectivity index (χ2n) is 5.56. The van der Waals surface area contributed by atoms with Gasteiger partial charge in [-0.05, 0) is 18.6 Å².